The van der Waals surface area contributed by atoms with E-state index in [0.717, 1.165) is 34.1 Å². The number of anilines is 1. The van der Waals surface area contributed by atoms with Crippen LogP contribution >= 0.6 is 0 Å². The third kappa shape index (κ3) is 2.99. The van der Waals surface area contributed by atoms with Crippen LogP contribution in [-0.2, 0) is 6.54 Å². The van der Waals surface area contributed by atoms with Crippen LogP contribution in [0.25, 0.3) is 21.8 Å². The molecule has 5 nitrogen and oxygen atoms in total. The average Bonchev–Trinajstić information content (AvgIpc) is 2.96. The van der Waals surface area contributed by atoms with E-state index in [0.29, 0.717) is 11.3 Å². The van der Waals surface area contributed by atoms with Gasteiger partial charge in [0.05, 0.1) is 24.5 Å². The molecule has 0 fully saturated rings. The van der Waals surface area contributed by atoms with Crippen molar-refractivity contribution in [2.45, 2.75) is 27.3 Å². The lowest BCUT2D eigenvalue weighted by molar-refractivity contribution is 0.102. The van der Waals surface area contributed by atoms with E-state index in [9.17, 15) is 4.79 Å². The number of pyridine rings is 1. The highest BCUT2D eigenvalue weighted by Crippen LogP contribution is 2.27. The number of carbonyl (C=O) groups excluding carboxylic acids is 1. The lowest BCUT2D eigenvalue weighted by atomic mass is 10.1. The molecule has 0 aliphatic heterocycles. The van der Waals surface area contributed by atoms with E-state index >= 15 is 0 Å². The van der Waals surface area contributed by atoms with E-state index in [1.165, 1.54) is 11.3 Å². The van der Waals surface area contributed by atoms with Crippen LogP contribution in [0.5, 0.6) is 5.75 Å². The fourth-order valence-electron chi connectivity index (χ4n) is 3.70. The van der Waals surface area contributed by atoms with Crippen LogP contribution in [0.1, 0.15) is 28.5 Å². The Morgan fingerprint density at radius 3 is 2.71 bits per heavy atom. The van der Waals surface area contributed by atoms with Crippen molar-refractivity contribution in [3.8, 4) is 5.75 Å². The zero-order valence-electron chi connectivity index (χ0n) is 16.5. The second-order valence-corrected chi connectivity index (χ2v) is 6.92. The number of nitrogens with one attached hydrogen (secondary N) is 1. The van der Waals surface area contributed by atoms with E-state index in [2.05, 4.69) is 35.6 Å². The molecule has 2 aromatic carbocycles. The largest absolute Gasteiger partial charge is 0.497 e. The predicted molar refractivity (Wildman–Crippen MR) is 113 cm³/mol. The molecule has 0 saturated carbocycles. The maximum atomic E-state index is 12.8. The van der Waals surface area contributed by atoms with Gasteiger partial charge in [-0.15, -0.1) is 0 Å². The van der Waals surface area contributed by atoms with Gasteiger partial charge in [-0.1, -0.05) is 0 Å². The normalized spacial score (nSPS) is 11.1. The molecule has 0 aliphatic carbocycles. The van der Waals surface area contributed by atoms with Crippen molar-refractivity contribution in [2.75, 3.05) is 12.4 Å². The lowest BCUT2D eigenvalue weighted by Crippen LogP contribution is -2.12. The lowest BCUT2D eigenvalue weighted by Gasteiger charge is -2.08. The van der Waals surface area contributed by atoms with Crippen molar-refractivity contribution in [1.82, 2.24) is 9.55 Å². The van der Waals surface area contributed by atoms with Gasteiger partial charge >= 0.3 is 0 Å². The number of ether oxygens (including phenoxy) is 1. The minimum Gasteiger partial charge on any atom is -0.497 e. The molecule has 4 aromatic rings. The summed E-state index contributed by atoms with van der Waals surface area (Å²) < 4.78 is 7.50. The fourth-order valence-corrected chi connectivity index (χ4v) is 3.70. The van der Waals surface area contributed by atoms with Crippen molar-refractivity contribution in [2.24, 2.45) is 0 Å². The maximum Gasteiger partial charge on any atom is 0.255 e. The van der Waals surface area contributed by atoms with Gasteiger partial charge in [-0.3, -0.25) is 9.78 Å². The minimum absolute atomic E-state index is 0.141. The smallest absolute Gasteiger partial charge is 0.255 e. The first-order chi connectivity index (χ1) is 13.5. The Labute approximate surface area is 164 Å². The minimum atomic E-state index is -0.141. The Hall–Kier alpha value is -3.34. The zero-order valence-corrected chi connectivity index (χ0v) is 16.5. The number of aryl methyl sites for hydroxylation is 2. The summed E-state index contributed by atoms with van der Waals surface area (Å²) in [7, 11) is 1.63. The maximum absolute atomic E-state index is 12.8. The van der Waals surface area contributed by atoms with Crippen LogP contribution in [0.15, 0.2) is 48.7 Å². The predicted octanol–water partition coefficient (Wildman–Crippen LogP) is 5.09. The number of rotatable bonds is 4. The first-order valence-electron chi connectivity index (χ1n) is 9.36. The van der Waals surface area contributed by atoms with Gasteiger partial charge in [0.25, 0.3) is 5.91 Å². The molecule has 1 N–H and O–H groups in total. The van der Waals surface area contributed by atoms with Gasteiger partial charge in [-0.25, -0.2) is 0 Å². The van der Waals surface area contributed by atoms with Gasteiger partial charge in [0.15, 0.2) is 0 Å². The number of methoxy groups -OCH3 is 1. The molecule has 4 rings (SSSR count). The van der Waals surface area contributed by atoms with Gasteiger partial charge in [0.2, 0.25) is 0 Å². The zero-order chi connectivity index (χ0) is 19.8. The molecule has 0 unspecified atom stereocenters. The topological polar surface area (TPSA) is 56.2 Å². The van der Waals surface area contributed by atoms with E-state index in [1.807, 2.05) is 42.5 Å². The van der Waals surface area contributed by atoms with Gasteiger partial charge in [-0.05, 0) is 62.7 Å². The molecule has 0 bridgehead atoms. The Kier molecular flexibility index (Phi) is 4.51. The summed E-state index contributed by atoms with van der Waals surface area (Å²) in [6.07, 6.45) is 1.67. The van der Waals surface area contributed by atoms with Crippen molar-refractivity contribution < 1.29 is 9.53 Å². The number of fused-ring (bicyclic) bond motifs is 2. The Morgan fingerprint density at radius 1 is 1.14 bits per heavy atom. The first-order valence-corrected chi connectivity index (χ1v) is 9.36. The molecule has 2 aromatic heterocycles. The summed E-state index contributed by atoms with van der Waals surface area (Å²) in [5.74, 6) is 0.618. The van der Waals surface area contributed by atoms with Gasteiger partial charge in [-0.2, -0.15) is 0 Å². The third-order valence-electron chi connectivity index (χ3n) is 5.37. The van der Waals surface area contributed by atoms with Crippen LogP contribution in [0.2, 0.25) is 0 Å². The highest BCUT2D eigenvalue weighted by atomic mass is 16.5. The number of hydrogen-bond donors (Lipinski definition) is 1. The first kappa shape index (κ1) is 18.0. The number of hydrogen-bond acceptors (Lipinski definition) is 3. The van der Waals surface area contributed by atoms with E-state index < -0.39 is 0 Å². The van der Waals surface area contributed by atoms with Gasteiger partial charge in [0, 0.05) is 40.2 Å². The quantitative estimate of drug-likeness (QED) is 0.542. The van der Waals surface area contributed by atoms with Crippen molar-refractivity contribution in [3.05, 3.63) is 65.5 Å². The number of carbonyl (C=O) groups is 1. The van der Waals surface area contributed by atoms with Crippen LogP contribution in [0.3, 0.4) is 0 Å². The molecule has 0 radical (unpaired) electrons. The van der Waals surface area contributed by atoms with E-state index in [1.54, 1.807) is 13.3 Å². The van der Waals surface area contributed by atoms with Crippen molar-refractivity contribution in [1.29, 1.82) is 0 Å². The summed E-state index contributed by atoms with van der Waals surface area (Å²) in [4.78, 5) is 17.2. The number of nitrogens with zero attached hydrogens (tertiary/aromatic N) is 2. The average molecular weight is 373 g/mol. The Bertz CT molecular complexity index is 1210. The van der Waals surface area contributed by atoms with E-state index in [4.69, 9.17) is 4.74 Å². The van der Waals surface area contributed by atoms with Crippen molar-refractivity contribution >= 4 is 33.4 Å². The molecule has 0 spiro atoms. The van der Waals surface area contributed by atoms with Crippen molar-refractivity contribution in [3.63, 3.8) is 0 Å². The molecule has 142 valence electrons. The summed E-state index contributed by atoms with van der Waals surface area (Å²) in [5.41, 5.74) is 5.75. The van der Waals surface area contributed by atoms with Gasteiger partial charge < -0.3 is 14.6 Å². The highest BCUT2D eigenvalue weighted by Gasteiger charge is 2.13. The monoisotopic (exact) mass is 373 g/mol. The third-order valence-corrected chi connectivity index (χ3v) is 5.37. The van der Waals surface area contributed by atoms with Crippen LogP contribution in [0, 0.1) is 13.8 Å². The molecule has 1 amide bonds. The summed E-state index contributed by atoms with van der Waals surface area (Å²) >= 11 is 0. The standard InChI is InChI=1S/C23H23N3O2/c1-5-26-15(3)14(2)20-11-17(7-9-22(20)26)23(27)25-18-10-16-6-8-19(28-4)12-21(16)24-13-18/h6-13H,5H2,1-4H3,(H,25,27). The molecular weight excluding hydrogens is 350 g/mol. The Morgan fingerprint density at radius 2 is 1.96 bits per heavy atom. The van der Waals surface area contributed by atoms with Crippen LogP contribution in [-0.4, -0.2) is 22.6 Å². The molecular formula is C23H23N3O2. The van der Waals surface area contributed by atoms with Crippen LogP contribution in [0.4, 0.5) is 5.69 Å². The van der Waals surface area contributed by atoms with E-state index in [-0.39, 0.29) is 5.91 Å². The SMILES string of the molecule is CCn1c(C)c(C)c2cc(C(=O)Nc3cnc4cc(OC)ccc4c3)ccc21. The second kappa shape index (κ2) is 7.00. The molecule has 5 heteroatoms. The summed E-state index contributed by atoms with van der Waals surface area (Å²) in [5, 5.41) is 5.03. The number of benzene rings is 2. The molecule has 28 heavy (non-hydrogen) atoms. The Balaban J connectivity index is 1.64. The number of amides is 1. The molecule has 2 heterocycles. The molecule has 0 saturated heterocycles. The molecule has 0 atom stereocenters. The fraction of sp³-hybridized carbons (Fsp3) is 0.217. The summed E-state index contributed by atoms with van der Waals surface area (Å²) in [6, 6.07) is 13.5. The second-order valence-electron chi connectivity index (χ2n) is 6.92. The molecule has 0 aliphatic rings. The van der Waals surface area contributed by atoms with Crippen LogP contribution < -0.4 is 10.1 Å². The summed E-state index contributed by atoms with van der Waals surface area (Å²) in [6.45, 7) is 7.27. The van der Waals surface area contributed by atoms with Gasteiger partial charge in [0.1, 0.15) is 5.75 Å². The highest BCUT2D eigenvalue weighted by molar-refractivity contribution is 6.07. The number of aromatic nitrogens is 2.